The van der Waals surface area contributed by atoms with Crippen LogP contribution in [-0.4, -0.2) is 36.4 Å². The van der Waals surface area contributed by atoms with Crippen LogP contribution in [0.5, 0.6) is 0 Å². The lowest BCUT2D eigenvalue weighted by Crippen LogP contribution is -2.42. The highest BCUT2D eigenvalue weighted by atomic mass is 16.6. The summed E-state index contributed by atoms with van der Waals surface area (Å²) in [6.45, 7) is 8.20. The first kappa shape index (κ1) is 17.6. The number of hydrogen-bond donors (Lipinski definition) is 2. The Bertz CT molecular complexity index is 525. The Balaban J connectivity index is 1.87. The van der Waals surface area contributed by atoms with Crippen LogP contribution in [0.1, 0.15) is 39.2 Å². The average molecular weight is 320 g/mol. The molecule has 1 saturated heterocycles. The number of piperidine rings is 1. The number of hydrogen-bond acceptors (Lipinski definition) is 4. The Morgan fingerprint density at radius 3 is 2.91 bits per heavy atom. The number of nitrogens with zero attached hydrogens (tertiary/aromatic N) is 1. The number of nitrogens with one attached hydrogen (secondary N) is 1. The van der Waals surface area contributed by atoms with Crippen molar-refractivity contribution in [2.75, 3.05) is 24.5 Å². The molecule has 2 N–H and O–H groups in total. The number of anilines is 1. The quantitative estimate of drug-likeness (QED) is 0.895. The summed E-state index contributed by atoms with van der Waals surface area (Å²) < 4.78 is 5.28. The maximum Gasteiger partial charge on any atom is 0.407 e. The third-order valence-corrected chi connectivity index (χ3v) is 3.91. The second-order valence-electron chi connectivity index (χ2n) is 7.17. The van der Waals surface area contributed by atoms with Crippen molar-refractivity contribution in [1.82, 2.24) is 5.32 Å². The van der Waals surface area contributed by atoms with E-state index in [2.05, 4.69) is 16.3 Å². The largest absolute Gasteiger partial charge is 0.444 e. The van der Waals surface area contributed by atoms with Gasteiger partial charge in [-0.3, -0.25) is 0 Å². The third-order valence-electron chi connectivity index (χ3n) is 3.91. The van der Waals surface area contributed by atoms with Crippen LogP contribution in [0.2, 0.25) is 0 Å². The predicted molar refractivity (Wildman–Crippen MR) is 91.5 cm³/mol. The minimum absolute atomic E-state index is 0.0608. The highest BCUT2D eigenvalue weighted by molar-refractivity contribution is 5.67. The van der Waals surface area contributed by atoms with E-state index in [4.69, 9.17) is 4.74 Å². The first-order chi connectivity index (χ1) is 10.9. The van der Waals surface area contributed by atoms with Crippen LogP contribution in [-0.2, 0) is 11.3 Å². The molecule has 1 aliphatic rings. The van der Waals surface area contributed by atoms with E-state index >= 15 is 0 Å². The summed E-state index contributed by atoms with van der Waals surface area (Å²) >= 11 is 0. The Kier molecular flexibility index (Phi) is 5.88. The minimum atomic E-state index is -0.465. The fraction of sp³-hybridized carbons (Fsp3) is 0.611. The zero-order chi connectivity index (χ0) is 16.9. The van der Waals surface area contributed by atoms with E-state index in [9.17, 15) is 9.90 Å². The summed E-state index contributed by atoms with van der Waals surface area (Å²) in [4.78, 5) is 14.1. The lowest BCUT2D eigenvalue weighted by atomic mass is 9.97. The monoisotopic (exact) mass is 320 g/mol. The summed E-state index contributed by atoms with van der Waals surface area (Å²) in [5.41, 5.74) is 1.60. The van der Waals surface area contributed by atoms with Crippen LogP contribution < -0.4 is 10.2 Å². The van der Waals surface area contributed by atoms with Crippen LogP contribution in [0.3, 0.4) is 0 Å². The zero-order valence-electron chi connectivity index (χ0n) is 14.3. The molecule has 128 valence electrons. The molecule has 1 heterocycles. The van der Waals surface area contributed by atoms with Gasteiger partial charge in [0, 0.05) is 25.3 Å². The van der Waals surface area contributed by atoms with Gasteiger partial charge in [-0.05, 0) is 57.2 Å². The summed E-state index contributed by atoms with van der Waals surface area (Å²) in [6.07, 6.45) is 1.85. The van der Waals surface area contributed by atoms with E-state index in [1.165, 1.54) is 0 Å². The smallest absolute Gasteiger partial charge is 0.407 e. The van der Waals surface area contributed by atoms with Gasteiger partial charge in [0.25, 0.3) is 0 Å². The van der Waals surface area contributed by atoms with Gasteiger partial charge in [0.05, 0.1) is 6.61 Å². The number of benzene rings is 1. The van der Waals surface area contributed by atoms with Gasteiger partial charge in [-0.25, -0.2) is 4.79 Å². The van der Waals surface area contributed by atoms with Gasteiger partial charge in [0.2, 0.25) is 0 Å². The van der Waals surface area contributed by atoms with Crippen LogP contribution in [0.25, 0.3) is 0 Å². The van der Waals surface area contributed by atoms with E-state index in [-0.39, 0.29) is 12.7 Å². The van der Waals surface area contributed by atoms with E-state index in [1.54, 1.807) is 0 Å². The molecule has 1 aromatic rings. The zero-order valence-corrected chi connectivity index (χ0v) is 14.3. The molecule has 1 aliphatic heterocycles. The van der Waals surface area contributed by atoms with Crippen molar-refractivity contribution < 1.29 is 14.6 Å². The highest BCUT2D eigenvalue weighted by Crippen LogP contribution is 2.24. The van der Waals surface area contributed by atoms with Gasteiger partial charge >= 0.3 is 6.09 Å². The summed E-state index contributed by atoms with van der Waals surface area (Å²) in [5.74, 6) is 0.411. The molecule has 0 aromatic heterocycles. The van der Waals surface area contributed by atoms with Gasteiger partial charge in [-0.15, -0.1) is 0 Å². The second-order valence-corrected chi connectivity index (χ2v) is 7.17. The lowest BCUT2D eigenvalue weighted by molar-refractivity contribution is 0.0517. The molecule has 0 aliphatic carbocycles. The maximum atomic E-state index is 11.8. The number of amides is 1. The number of aliphatic hydroxyl groups excluding tert-OH is 1. The Labute approximate surface area is 138 Å². The first-order valence-electron chi connectivity index (χ1n) is 8.29. The summed E-state index contributed by atoms with van der Waals surface area (Å²) in [5, 5.41) is 12.1. The third kappa shape index (κ3) is 5.75. The maximum absolute atomic E-state index is 11.8. The van der Waals surface area contributed by atoms with Crippen molar-refractivity contribution in [3.8, 4) is 0 Å². The number of alkyl carbamates (subject to hydrolysis) is 1. The van der Waals surface area contributed by atoms with Gasteiger partial charge < -0.3 is 20.1 Å². The molecule has 1 atom stereocenters. The topological polar surface area (TPSA) is 61.8 Å². The first-order valence-corrected chi connectivity index (χ1v) is 8.29. The average Bonchev–Trinajstić information content (AvgIpc) is 2.52. The van der Waals surface area contributed by atoms with Crippen LogP contribution in [0.4, 0.5) is 10.5 Å². The van der Waals surface area contributed by atoms with Crippen LogP contribution >= 0.6 is 0 Å². The van der Waals surface area contributed by atoms with Crippen molar-refractivity contribution in [2.24, 2.45) is 5.92 Å². The predicted octanol–water partition coefficient (Wildman–Crippen LogP) is 2.92. The normalized spacial score (nSPS) is 18.6. The fourth-order valence-corrected chi connectivity index (χ4v) is 2.86. The number of rotatable bonds is 4. The number of carbonyl (C=O) groups is 1. The Morgan fingerprint density at radius 2 is 2.22 bits per heavy atom. The number of aliphatic hydroxyl groups is 1. The SMILES string of the molecule is CC(C)(C)OC(=O)NC[C@@H]1CCCN(c2cccc(CO)c2)C1. The molecule has 23 heavy (non-hydrogen) atoms. The van der Waals surface area contributed by atoms with Crippen LogP contribution in [0, 0.1) is 5.92 Å². The molecule has 0 bridgehead atoms. The molecular formula is C18H28N2O3. The fourth-order valence-electron chi connectivity index (χ4n) is 2.86. The summed E-state index contributed by atoms with van der Waals surface area (Å²) in [6, 6.07) is 8.00. The van der Waals surface area contributed by atoms with Gasteiger partial charge in [0.15, 0.2) is 0 Å². The highest BCUT2D eigenvalue weighted by Gasteiger charge is 2.22. The van der Waals surface area contributed by atoms with Crippen molar-refractivity contribution in [3.05, 3.63) is 29.8 Å². The molecule has 0 radical (unpaired) electrons. The molecule has 1 amide bonds. The molecule has 0 unspecified atom stereocenters. The molecule has 1 aromatic carbocycles. The van der Waals surface area contributed by atoms with Crippen molar-refractivity contribution in [2.45, 2.75) is 45.8 Å². The van der Waals surface area contributed by atoms with E-state index < -0.39 is 5.60 Å². The Morgan fingerprint density at radius 1 is 1.43 bits per heavy atom. The number of carbonyl (C=O) groups excluding carboxylic acids is 1. The van der Waals surface area contributed by atoms with Crippen molar-refractivity contribution in [1.29, 1.82) is 0 Å². The molecule has 0 saturated carbocycles. The van der Waals surface area contributed by atoms with Gasteiger partial charge in [-0.1, -0.05) is 12.1 Å². The lowest BCUT2D eigenvalue weighted by Gasteiger charge is -2.34. The van der Waals surface area contributed by atoms with Gasteiger partial charge in [-0.2, -0.15) is 0 Å². The van der Waals surface area contributed by atoms with E-state index in [0.29, 0.717) is 12.5 Å². The van der Waals surface area contributed by atoms with Gasteiger partial charge in [0.1, 0.15) is 5.60 Å². The summed E-state index contributed by atoms with van der Waals surface area (Å²) in [7, 11) is 0. The molecule has 0 spiro atoms. The standard InChI is InChI=1S/C18H28N2O3/c1-18(2,3)23-17(22)19-11-15-7-5-9-20(12-15)16-8-4-6-14(10-16)13-21/h4,6,8,10,15,21H,5,7,9,11-13H2,1-3H3,(H,19,22)/t15-/m0/s1. The van der Waals surface area contributed by atoms with Crippen molar-refractivity contribution >= 4 is 11.8 Å². The molecule has 5 heteroatoms. The Hall–Kier alpha value is -1.75. The minimum Gasteiger partial charge on any atom is -0.444 e. The molecular weight excluding hydrogens is 292 g/mol. The van der Waals surface area contributed by atoms with E-state index in [0.717, 1.165) is 37.2 Å². The molecule has 1 fully saturated rings. The van der Waals surface area contributed by atoms with Crippen molar-refractivity contribution in [3.63, 3.8) is 0 Å². The van der Waals surface area contributed by atoms with E-state index in [1.807, 2.05) is 39.0 Å². The second kappa shape index (κ2) is 7.68. The molecule has 2 rings (SSSR count). The molecule has 5 nitrogen and oxygen atoms in total. The number of ether oxygens (including phenoxy) is 1. The van der Waals surface area contributed by atoms with Crippen LogP contribution in [0.15, 0.2) is 24.3 Å².